The Morgan fingerprint density at radius 3 is 2.88 bits per heavy atom. The molecule has 0 heterocycles. The molecule has 1 aromatic carbocycles. The lowest BCUT2D eigenvalue weighted by Gasteiger charge is -2.11. The maximum absolute atomic E-state index is 11.3. The number of ether oxygens (including phenoxy) is 2. The van der Waals surface area contributed by atoms with Crippen molar-refractivity contribution in [2.75, 3.05) is 20.3 Å². The molecule has 1 rings (SSSR count). The van der Waals surface area contributed by atoms with Crippen molar-refractivity contribution in [3.8, 4) is 5.75 Å². The highest BCUT2D eigenvalue weighted by atomic mass is 16.5. The Morgan fingerprint density at radius 2 is 2.24 bits per heavy atom. The largest absolute Gasteiger partial charge is 0.492 e. The first kappa shape index (κ1) is 13.5. The highest BCUT2D eigenvalue weighted by Crippen LogP contribution is 2.11. The summed E-state index contributed by atoms with van der Waals surface area (Å²) in [5.74, 6) is 0.694. The van der Waals surface area contributed by atoms with Crippen LogP contribution in [0, 0.1) is 6.92 Å². The van der Waals surface area contributed by atoms with Crippen LogP contribution in [0.15, 0.2) is 24.3 Å². The molecule has 0 saturated carbocycles. The van der Waals surface area contributed by atoms with Crippen LogP contribution in [-0.4, -0.2) is 32.3 Å². The number of rotatable bonds is 6. The second-order valence-corrected chi connectivity index (χ2v) is 3.83. The quantitative estimate of drug-likeness (QED) is 0.763. The lowest BCUT2D eigenvalue weighted by molar-refractivity contribution is -0.130. The van der Waals surface area contributed by atoms with E-state index >= 15 is 0 Å². The van der Waals surface area contributed by atoms with E-state index in [1.54, 1.807) is 6.92 Å². The van der Waals surface area contributed by atoms with Crippen molar-refractivity contribution in [3.05, 3.63) is 29.8 Å². The van der Waals surface area contributed by atoms with Crippen molar-refractivity contribution < 1.29 is 14.3 Å². The van der Waals surface area contributed by atoms with Crippen LogP contribution in [0.2, 0.25) is 0 Å². The smallest absolute Gasteiger partial charge is 0.248 e. The average Bonchev–Trinajstić information content (AvgIpc) is 2.33. The van der Waals surface area contributed by atoms with Gasteiger partial charge in [0.05, 0.1) is 6.54 Å². The van der Waals surface area contributed by atoms with E-state index in [2.05, 4.69) is 5.32 Å². The summed E-state index contributed by atoms with van der Waals surface area (Å²) in [7, 11) is 1.51. The van der Waals surface area contributed by atoms with Crippen LogP contribution in [0.1, 0.15) is 12.5 Å². The molecule has 1 aromatic rings. The molecule has 1 unspecified atom stereocenters. The summed E-state index contributed by atoms with van der Waals surface area (Å²) in [5, 5.41) is 2.73. The van der Waals surface area contributed by atoms with Gasteiger partial charge in [-0.1, -0.05) is 12.1 Å². The molecule has 1 amide bonds. The summed E-state index contributed by atoms with van der Waals surface area (Å²) < 4.78 is 10.4. The van der Waals surface area contributed by atoms with E-state index in [1.807, 2.05) is 31.2 Å². The maximum atomic E-state index is 11.3. The van der Waals surface area contributed by atoms with Crippen molar-refractivity contribution in [2.24, 2.45) is 0 Å². The fourth-order valence-corrected chi connectivity index (χ4v) is 1.30. The minimum atomic E-state index is -0.422. The van der Waals surface area contributed by atoms with Crippen LogP contribution >= 0.6 is 0 Å². The fraction of sp³-hybridized carbons (Fsp3) is 0.462. The molecular weight excluding hydrogens is 218 g/mol. The molecule has 0 fully saturated rings. The first-order valence-electron chi connectivity index (χ1n) is 5.63. The van der Waals surface area contributed by atoms with Gasteiger partial charge in [-0.05, 0) is 31.5 Å². The van der Waals surface area contributed by atoms with Crippen molar-refractivity contribution in [1.82, 2.24) is 5.32 Å². The second kappa shape index (κ2) is 6.91. The second-order valence-electron chi connectivity index (χ2n) is 3.83. The molecule has 0 bridgehead atoms. The number of amides is 1. The molecule has 4 nitrogen and oxygen atoms in total. The number of nitrogens with one attached hydrogen (secondary N) is 1. The zero-order valence-corrected chi connectivity index (χ0v) is 10.5. The molecule has 4 heteroatoms. The van der Waals surface area contributed by atoms with E-state index in [0.29, 0.717) is 13.2 Å². The SMILES string of the molecule is COC(C)C(=O)NCCOc1cccc(C)c1. The summed E-state index contributed by atoms with van der Waals surface area (Å²) in [5.41, 5.74) is 1.15. The Labute approximate surface area is 102 Å². The van der Waals surface area contributed by atoms with Gasteiger partial charge in [-0.2, -0.15) is 0 Å². The molecule has 0 aliphatic rings. The van der Waals surface area contributed by atoms with Gasteiger partial charge < -0.3 is 14.8 Å². The number of hydrogen-bond acceptors (Lipinski definition) is 3. The Morgan fingerprint density at radius 1 is 1.47 bits per heavy atom. The molecule has 1 atom stereocenters. The first-order chi connectivity index (χ1) is 8.13. The Hall–Kier alpha value is -1.55. The minimum Gasteiger partial charge on any atom is -0.492 e. The van der Waals surface area contributed by atoms with E-state index in [0.717, 1.165) is 11.3 Å². The molecule has 0 aliphatic heterocycles. The molecule has 17 heavy (non-hydrogen) atoms. The van der Waals surface area contributed by atoms with E-state index in [4.69, 9.17) is 9.47 Å². The molecule has 0 saturated heterocycles. The zero-order chi connectivity index (χ0) is 12.7. The van der Waals surface area contributed by atoms with Crippen molar-refractivity contribution in [1.29, 1.82) is 0 Å². The van der Waals surface area contributed by atoms with E-state index in [-0.39, 0.29) is 5.91 Å². The van der Waals surface area contributed by atoms with E-state index < -0.39 is 6.10 Å². The Kier molecular flexibility index (Phi) is 5.49. The maximum Gasteiger partial charge on any atom is 0.248 e. The van der Waals surface area contributed by atoms with Crippen molar-refractivity contribution in [3.63, 3.8) is 0 Å². The van der Waals surface area contributed by atoms with Crippen molar-refractivity contribution >= 4 is 5.91 Å². The number of benzene rings is 1. The first-order valence-corrected chi connectivity index (χ1v) is 5.63. The van der Waals surface area contributed by atoms with Gasteiger partial charge in [0.1, 0.15) is 18.5 Å². The lowest BCUT2D eigenvalue weighted by Crippen LogP contribution is -2.36. The molecular formula is C13H19NO3. The molecule has 0 spiro atoms. The highest BCUT2D eigenvalue weighted by molar-refractivity contribution is 5.80. The topological polar surface area (TPSA) is 47.6 Å². The molecule has 1 N–H and O–H groups in total. The predicted octanol–water partition coefficient (Wildman–Crippen LogP) is 1.52. The third-order valence-electron chi connectivity index (χ3n) is 2.38. The van der Waals surface area contributed by atoms with Crippen LogP contribution in [0.3, 0.4) is 0 Å². The van der Waals surface area contributed by atoms with Gasteiger partial charge in [0.25, 0.3) is 0 Å². The van der Waals surface area contributed by atoms with Gasteiger partial charge in [-0.15, -0.1) is 0 Å². The molecule has 94 valence electrons. The number of methoxy groups -OCH3 is 1. The van der Waals surface area contributed by atoms with Crippen LogP contribution in [0.25, 0.3) is 0 Å². The van der Waals surface area contributed by atoms with Crippen LogP contribution < -0.4 is 10.1 Å². The van der Waals surface area contributed by atoms with Crippen molar-refractivity contribution in [2.45, 2.75) is 20.0 Å². The summed E-state index contributed by atoms with van der Waals surface area (Å²) in [4.78, 5) is 11.3. The standard InChI is InChI=1S/C13H19NO3/c1-10-5-4-6-12(9-10)17-8-7-14-13(15)11(2)16-3/h4-6,9,11H,7-8H2,1-3H3,(H,14,15). The van der Waals surface area contributed by atoms with Gasteiger partial charge in [0.15, 0.2) is 0 Å². The van der Waals surface area contributed by atoms with Gasteiger partial charge in [0, 0.05) is 7.11 Å². The molecule has 0 radical (unpaired) electrons. The Balaban J connectivity index is 2.22. The lowest BCUT2D eigenvalue weighted by atomic mass is 10.2. The molecule has 0 aliphatic carbocycles. The summed E-state index contributed by atoms with van der Waals surface area (Å²) in [6.45, 7) is 4.64. The third kappa shape index (κ3) is 4.87. The third-order valence-corrected chi connectivity index (χ3v) is 2.38. The fourth-order valence-electron chi connectivity index (χ4n) is 1.30. The number of aryl methyl sites for hydroxylation is 1. The van der Waals surface area contributed by atoms with Gasteiger partial charge in [-0.25, -0.2) is 0 Å². The minimum absolute atomic E-state index is 0.125. The molecule has 0 aromatic heterocycles. The normalized spacial score (nSPS) is 11.9. The van der Waals surface area contributed by atoms with Gasteiger partial charge in [-0.3, -0.25) is 4.79 Å². The summed E-state index contributed by atoms with van der Waals surface area (Å²) >= 11 is 0. The summed E-state index contributed by atoms with van der Waals surface area (Å²) in [6.07, 6.45) is -0.422. The number of carbonyl (C=O) groups is 1. The monoisotopic (exact) mass is 237 g/mol. The number of carbonyl (C=O) groups excluding carboxylic acids is 1. The van der Waals surface area contributed by atoms with Gasteiger partial charge >= 0.3 is 0 Å². The van der Waals surface area contributed by atoms with E-state index in [1.165, 1.54) is 7.11 Å². The van der Waals surface area contributed by atoms with Crippen LogP contribution in [-0.2, 0) is 9.53 Å². The Bertz CT molecular complexity index is 365. The average molecular weight is 237 g/mol. The van der Waals surface area contributed by atoms with Gasteiger partial charge in [0.2, 0.25) is 5.91 Å². The van der Waals surface area contributed by atoms with Crippen LogP contribution in [0.4, 0.5) is 0 Å². The zero-order valence-electron chi connectivity index (χ0n) is 10.5. The van der Waals surface area contributed by atoms with Crippen LogP contribution in [0.5, 0.6) is 5.75 Å². The predicted molar refractivity (Wildman–Crippen MR) is 66.2 cm³/mol. The van der Waals surface area contributed by atoms with E-state index in [9.17, 15) is 4.79 Å². The highest BCUT2D eigenvalue weighted by Gasteiger charge is 2.09. The summed E-state index contributed by atoms with van der Waals surface area (Å²) in [6, 6.07) is 7.80. The number of hydrogen-bond donors (Lipinski definition) is 1.